The van der Waals surface area contributed by atoms with Crippen LogP contribution in [0.1, 0.15) is 57.8 Å². The highest BCUT2D eigenvalue weighted by molar-refractivity contribution is 5.78. The first-order valence-corrected chi connectivity index (χ1v) is 7.93. The van der Waals surface area contributed by atoms with Crippen LogP contribution in [0.3, 0.4) is 0 Å². The quantitative estimate of drug-likeness (QED) is 0.815. The molecular formula is C15H26N2O2. The van der Waals surface area contributed by atoms with Crippen molar-refractivity contribution in [2.75, 3.05) is 13.2 Å². The standard InChI is InChI=1S/C15H26N2O2/c18-14(17-12-4-5-12)11-16-13-6-9-19-15(10-13)7-2-1-3-8-15/h12-13,16H,1-11H2,(H,17,18). The van der Waals surface area contributed by atoms with Crippen LogP contribution in [0.5, 0.6) is 0 Å². The predicted molar refractivity (Wildman–Crippen MR) is 74.0 cm³/mol. The first kappa shape index (κ1) is 13.4. The van der Waals surface area contributed by atoms with E-state index in [1.165, 1.54) is 32.1 Å². The molecule has 3 fully saturated rings. The molecule has 2 N–H and O–H groups in total. The largest absolute Gasteiger partial charge is 0.375 e. The van der Waals surface area contributed by atoms with Crippen LogP contribution >= 0.6 is 0 Å². The van der Waals surface area contributed by atoms with Crippen LogP contribution in [-0.2, 0) is 9.53 Å². The van der Waals surface area contributed by atoms with Gasteiger partial charge in [-0.3, -0.25) is 4.79 Å². The summed E-state index contributed by atoms with van der Waals surface area (Å²) in [4.78, 5) is 11.7. The van der Waals surface area contributed by atoms with Gasteiger partial charge in [-0.1, -0.05) is 19.3 Å². The maximum atomic E-state index is 11.7. The summed E-state index contributed by atoms with van der Waals surface area (Å²) in [6.07, 6.45) is 10.8. The van der Waals surface area contributed by atoms with Crippen molar-refractivity contribution in [1.82, 2.24) is 10.6 Å². The fraction of sp³-hybridized carbons (Fsp3) is 0.933. The maximum Gasteiger partial charge on any atom is 0.234 e. The molecule has 1 amide bonds. The van der Waals surface area contributed by atoms with E-state index in [9.17, 15) is 4.79 Å². The third-order valence-corrected chi connectivity index (χ3v) is 4.75. The van der Waals surface area contributed by atoms with E-state index >= 15 is 0 Å². The third-order valence-electron chi connectivity index (χ3n) is 4.75. The van der Waals surface area contributed by atoms with Gasteiger partial charge in [-0.05, 0) is 38.5 Å². The summed E-state index contributed by atoms with van der Waals surface area (Å²) in [7, 11) is 0. The van der Waals surface area contributed by atoms with Gasteiger partial charge < -0.3 is 15.4 Å². The Morgan fingerprint density at radius 2 is 1.89 bits per heavy atom. The molecule has 1 aliphatic heterocycles. The van der Waals surface area contributed by atoms with E-state index in [0.717, 1.165) is 32.3 Å². The lowest BCUT2D eigenvalue weighted by atomic mass is 9.78. The van der Waals surface area contributed by atoms with Crippen molar-refractivity contribution in [3.05, 3.63) is 0 Å². The maximum absolute atomic E-state index is 11.7. The fourth-order valence-electron chi connectivity index (χ4n) is 3.49. The second-order valence-corrected chi connectivity index (χ2v) is 6.50. The second kappa shape index (κ2) is 5.80. The lowest BCUT2D eigenvalue weighted by Crippen LogP contribution is -2.50. The van der Waals surface area contributed by atoms with Crippen molar-refractivity contribution >= 4 is 5.91 Å². The van der Waals surface area contributed by atoms with Gasteiger partial charge >= 0.3 is 0 Å². The number of hydrogen-bond acceptors (Lipinski definition) is 3. The molecule has 4 heteroatoms. The van der Waals surface area contributed by atoms with E-state index in [-0.39, 0.29) is 11.5 Å². The zero-order valence-corrected chi connectivity index (χ0v) is 11.7. The number of amides is 1. The van der Waals surface area contributed by atoms with E-state index in [1.807, 2.05) is 0 Å². The predicted octanol–water partition coefficient (Wildman–Crippen LogP) is 1.74. The minimum Gasteiger partial charge on any atom is -0.375 e. The molecule has 3 aliphatic rings. The minimum absolute atomic E-state index is 0.126. The van der Waals surface area contributed by atoms with Crippen LogP contribution in [0.4, 0.5) is 0 Å². The number of rotatable bonds is 4. The van der Waals surface area contributed by atoms with Crippen LogP contribution in [0, 0.1) is 0 Å². The van der Waals surface area contributed by atoms with Crippen molar-refractivity contribution in [2.45, 2.75) is 75.5 Å². The minimum atomic E-state index is 0.126. The monoisotopic (exact) mass is 266 g/mol. The summed E-state index contributed by atoms with van der Waals surface area (Å²) in [6, 6.07) is 0.922. The van der Waals surface area contributed by atoms with Gasteiger partial charge in [0.15, 0.2) is 0 Å². The Bertz CT molecular complexity index is 317. The molecule has 0 bridgehead atoms. The van der Waals surface area contributed by atoms with Gasteiger partial charge in [0.1, 0.15) is 0 Å². The molecule has 1 saturated heterocycles. The van der Waals surface area contributed by atoms with Crippen LogP contribution < -0.4 is 10.6 Å². The molecule has 3 rings (SSSR count). The number of ether oxygens (including phenoxy) is 1. The zero-order chi connectivity index (χ0) is 13.1. The van der Waals surface area contributed by atoms with Gasteiger partial charge in [0.2, 0.25) is 5.91 Å². The van der Waals surface area contributed by atoms with Crippen LogP contribution in [-0.4, -0.2) is 36.7 Å². The van der Waals surface area contributed by atoms with Crippen LogP contribution in [0.15, 0.2) is 0 Å². The van der Waals surface area contributed by atoms with Gasteiger partial charge in [0.25, 0.3) is 0 Å². The van der Waals surface area contributed by atoms with Gasteiger partial charge in [-0.15, -0.1) is 0 Å². The molecule has 0 aromatic rings. The molecule has 0 radical (unpaired) electrons. The Kier molecular flexibility index (Phi) is 4.08. The van der Waals surface area contributed by atoms with Gasteiger partial charge in [0, 0.05) is 18.7 Å². The van der Waals surface area contributed by atoms with Gasteiger partial charge in [-0.25, -0.2) is 0 Å². The summed E-state index contributed by atoms with van der Waals surface area (Å²) in [5.74, 6) is 0.159. The number of carbonyl (C=O) groups is 1. The smallest absolute Gasteiger partial charge is 0.234 e. The number of carbonyl (C=O) groups excluding carboxylic acids is 1. The van der Waals surface area contributed by atoms with Crippen LogP contribution in [0.25, 0.3) is 0 Å². The number of hydrogen-bond donors (Lipinski definition) is 2. The Hall–Kier alpha value is -0.610. The number of nitrogens with one attached hydrogen (secondary N) is 2. The molecule has 0 aromatic carbocycles. The van der Waals surface area contributed by atoms with Crippen LogP contribution in [0.2, 0.25) is 0 Å². The summed E-state index contributed by atoms with van der Waals surface area (Å²) in [5, 5.41) is 6.47. The lowest BCUT2D eigenvalue weighted by molar-refractivity contribution is -0.122. The van der Waals surface area contributed by atoms with E-state index < -0.39 is 0 Å². The highest BCUT2D eigenvalue weighted by Gasteiger charge is 2.38. The summed E-state index contributed by atoms with van der Waals surface area (Å²) in [6.45, 7) is 1.32. The zero-order valence-electron chi connectivity index (χ0n) is 11.7. The first-order chi connectivity index (χ1) is 9.26. The van der Waals surface area contributed by atoms with Crippen molar-refractivity contribution in [1.29, 1.82) is 0 Å². The SMILES string of the molecule is O=C(CNC1CCOC2(CCCCC2)C1)NC1CC1. The molecule has 2 aliphatic carbocycles. The molecule has 1 atom stereocenters. The normalized spacial score (nSPS) is 30.2. The second-order valence-electron chi connectivity index (χ2n) is 6.50. The highest BCUT2D eigenvalue weighted by Crippen LogP contribution is 2.38. The topological polar surface area (TPSA) is 50.4 Å². The molecule has 4 nitrogen and oxygen atoms in total. The fourth-order valence-corrected chi connectivity index (χ4v) is 3.49. The van der Waals surface area contributed by atoms with E-state index in [2.05, 4.69) is 10.6 Å². The third kappa shape index (κ3) is 3.69. The van der Waals surface area contributed by atoms with Crippen molar-refractivity contribution < 1.29 is 9.53 Å². The Morgan fingerprint density at radius 3 is 2.63 bits per heavy atom. The molecule has 19 heavy (non-hydrogen) atoms. The van der Waals surface area contributed by atoms with Gasteiger partial charge in [-0.2, -0.15) is 0 Å². The molecule has 2 saturated carbocycles. The average Bonchev–Trinajstić information content (AvgIpc) is 3.21. The van der Waals surface area contributed by atoms with E-state index in [4.69, 9.17) is 4.74 Å². The summed E-state index contributed by atoms with van der Waals surface area (Å²) < 4.78 is 6.08. The summed E-state index contributed by atoms with van der Waals surface area (Å²) >= 11 is 0. The van der Waals surface area contributed by atoms with E-state index in [1.54, 1.807) is 0 Å². The van der Waals surface area contributed by atoms with Gasteiger partial charge in [0.05, 0.1) is 12.1 Å². The van der Waals surface area contributed by atoms with Crippen molar-refractivity contribution in [3.63, 3.8) is 0 Å². The van der Waals surface area contributed by atoms with Crippen molar-refractivity contribution in [2.24, 2.45) is 0 Å². The molecule has 1 spiro atoms. The van der Waals surface area contributed by atoms with Crippen molar-refractivity contribution in [3.8, 4) is 0 Å². The molecule has 1 unspecified atom stereocenters. The Balaban J connectivity index is 1.43. The lowest BCUT2D eigenvalue weighted by Gasteiger charge is -2.43. The average molecular weight is 266 g/mol. The molecular weight excluding hydrogens is 240 g/mol. The summed E-state index contributed by atoms with van der Waals surface area (Å²) in [5.41, 5.74) is 0.126. The Morgan fingerprint density at radius 1 is 1.11 bits per heavy atom. The Labute approximate surface area is 115 Å². The molecule has 1 heterocycles. The molecule has 108 valence electrons. The van der Waals surface area contributed by atoms with E-state index in [0.29, 0.717) is 18.6 Å². The first-order valence-electron chi connectivity index (χ1n) is 7.93. The molecule has 0 aromatic heterocycles. The highest BCUT2D eigenvalue weighted by atomic mass is 16.5.